The number of carbonyl (C=O) groups excluding carboxylic acids is 1. The summed E-state index contributed by atoms with van der Waals surface area (Å²) < 4.78 is 16.0. The minimum atomic E-state index is -1.04. The summed E-state index contributed by atoms with van der Waals surface area (Å²) in [7, 11) is 4.55. The van der Waals surface area contributed by atoms with Crippen LogP contribution in [-0.4, -0.2) is 44.0 Å². The van der Waals surface area contributed by atoms with Crippen molar-refractivity contribution in [2.75, 3.05) is 26.3 Å². The second kappa shape index (κ2) is 8.05. The van der Waals surface area contributed by atoms with Gasteiger partial charge in [-0.2, -0.15) is 10.1 Å². The van der Waals surface area contributed by atoms with E-state index in [4.69, 9.17) is 19.3 Å². The molecule has 1 amide bonds. The molecular formula is C21H20N2O6. The molecule has 8 heteroatoms. The van der Waals surface area contributed by atoms with E-state index < -0.39 is 5.97 Å². The molecule has 0 saturated heterocycles. The average Bonchev–Trinajstić information content (AvgIpc) is 3.01. The smallest absolute Gasteiger partial charge is 0.335 e. The first kappa shape index (κ1) is 19.9. The Bertz CT molecular complexity index is 999. The van der Waals surface area contributed by atoms with Crippen LogP contribution >= 0.6 is 0 Å². The van der Waals surface area contributed by atoms with Crippen LogP contribution in [0.1, 0.15) is 22.8 Å². The summed E-state index contributed by atoms with van der Waals surface area (Å²) in [5.41, 5.74) is 2.23. The zero-order valence-electron chi connectivity index (χ0n) is 16.4. The maximum atomic E-state index is 12.9. The number of carboxylic acids is 1. The number of amides is 1. The van der Waals surface area contributed by atoms with Gasteiger partial charge < -0.3 is 19.3 Å². The number of nitrogens with zero attached hydrogens (tertiary/aromatic N) is 2. The normalized spacial score (nSPS) is 14.8. The number of benzene rings is 2. The topological polar surface area (TPSA) is 97.7 Å². The number of carboxylic acid groups (broad SMARTS) is 1. The summed E-state index contributed by atoms with van der Waals surface area (Å²) in [6.07, 6.45) is 1.69. The molecule has 29 heavy (non-hydrogen) atoms. The molecule has 150 valence electrons. The van der Waals surface area contributed by atoms with Gasteiger partial charge in [0.2, 0.25) is 5.75 Å². The minimum Gasteiger partial charge on any atom is -0.493 e. The number of carbonyl (C=O) groups is 2. The largest absolute Gasteiger partial charge is 0.493 e. The third-order valence-corrected chi connectivity index (χ3v) is 4.42. The fraction of sp³-hybridized carbons (Fsp3) is 0.190. The summed E-state index contributed by atoms with van der Waals surface area (Å²) in [6.45, 7) is 1.73. The van der Waals surface area contributed by atoms with Crippen molar-refractivity contribution in [1.82, 2.24) is 0 Å². The fourth-order valence-corrected chi connectivity index (χ4v) is 2.96. The van der Waals surface area contributed by atoms with E-state index in [0.717, 1.165) is 0 Å². The van der Waals surface area contributed by atoms with Gasteiger partial charge in [-0.1, -0.05) is 0 Å². The Balaban J connectivity index is 1.96. The second-order valence-corrected chi connectivity index (χ2v) is 6.17. The molecule has 1 aliphatic heterocycles. The Kier molecular flexibility index (Phi) is 5.54. The number of ether oxygens (including phenoxy) is 3. The van der Waals surface area contributed by atoms with E-state index >= 15 is 0 Å². The standard InChI is InChI=1S/C21H20N2O6/c1-12-16(9-13-10-17(27-2)19(29-4)18(11-13)28-3)20(24)23(22-12)15-7-5-14(6-8-15)21(25)26/h5-11H,1-4H3,(H,25,26)/b16-9+. The Morgan fingerprint density at radius 2 is 1.62 bits per heavy atom. The van der Waals surface area contributed by atoms with Crippen LogP contribution in [0.15, 0.2) is 47.1 Å². The molecule has 2 aromatic carbocycles. The van der Waals surface area contributed by atoms with Crippen molar-refractivity contribution in [1.29, 1.82) is 0 Å². The van der Waals surface area contributed by atoms with Crippen LogP contribution in [0.2, 0.25) is 0 Å². The van der Waals surface area contributed by atoms with Gasteiger partial charge in [0.1, 0.15) is 0 Å². The number of aromatic carboxylic acids is 1. The van der Waals surface area contributed by atoms with Gasteiger partial charge in [-0.25, -0.2) is 4.79 Å². The van der Waals surface area contributed by atoms with E-state index in [0.29, 0.717) is 39.8 Å². The number of hydrazone groups is 1. The number of anilines is 1. The van der Waals surface area contributed by atoms with Crippen molar-refractivity contribution in [3.63, 3.8) is 0 Å². The van der Waals surface area contributed by atoms with E-state index in [1.807, 2.05) is 0 Å². The molecule has 1 heterocycles. The number of methoxy groups -OCH3 is 3. The Morgan fingerprint density at radius 3 is 2.10 bits per heavy atom. The van der Waals surface area contributed by atoms with Gasteiger partial charge in [0.05, 0.1) is 43.9 Å². The van der Waals surface area contributed by atoms with Crippen molar-refractivity contribution in [2.24, 2.45) is 5.10 Å². The van der Waals surface area contributed by atoms with E-state index in [1.165, 1.54) is 38.5 Å². The van der Waals surface area contributed by atoms with E-state index in [2.05, 4.69) is 5.10 Å². The van der Waals surface area contributed by atoms with Crippen molar-refractivity contribution < 1.29 is 28.9 Å². The number of hydrogen-bond acceptors (Lipinski definition) is 6. The molecule has 8 nitrogen and oxygen atoms in total. The monoisotopic (exact) mass is 396 g/mol. The highest BCUT2D eigenvalue weighted by molar-refractivity contribution is 6.32. The maximum absolute atomic E-state index is 12.9. The zero-order chi connectivity index (χ0) is 21.1. The maximum Gasteiger partial charge on any atom is 0.335 e. The van der Waals surface area contributed by atoms with Gasteiger partial charge in [0.15, 0.2) is 11.5 Å². The lowest BCUT2D eigenvalue weighted by Gasteiger charge is -2.13. The molecule has 0 unspecified atom stereocenters. The Morgan fingerprint density at radius 1 is 1.03 bits per heavy atom. The van der Waals surface area contributed by atoms with Crippen molar-refractivity contribution in [3.05, 3.63) is 53.1 Å². The summed E-state index contributed by atoms with van der Waals surface area (Å²) >= 11 is 0. The van der Waals surface area contributed by atoms with Crippen LogP contribution in [0.3, 0.4) is 0 Å². The van der Waals surface area contributed by atoms with Crippen LogP contribution in [0, 0.1) is 0 Å². The molecule has 0 atom stereocenters. The van der Waals surface area contributed by atoms with E-state index in [-0.39, 0.29) is 11.5 Å². The third kappa shape index (κ3) is 3.77. The Hall–Kier alpha value is -3.81. The first-order chi connectivity index (χ1) is 13.9. The van der Waals surface area contributed by atoms with Gasteiger partial charge in [-0.15, -0.1) is 0 Å². The van der Waals surface area contributed by atoms with Gasteiger partial charge >= 0.3 is 5.97 Å². The predicted octanol–water partition coefficient (Wildman–Crippen LogP) is 3.22. The highest BCUT2D eigenvalue weighted by Gasteiger charge is 2.29. The summed E-state index contributed by atoms with van der Waals surface area (Å²) in [5.74, 6) is 0.0476. The van der Waals surface area contributed by atoms with E-state index in [1.54, 1.807) is 37.3 Å². The lowest BCUT2D eigenvalue weighted by molar-refractivity contribution is -0.114. The zero-order valence-corrected chi connectivity index (χ0v) is 16.4. The second-order valence-electron chi connectivity index (χ2n) is 6.17. The van der Waals surface area contributed by atoms with Gasteiger partial charge in [-0.05, 0) is 55.0 Å². The predicted molar refractivity (Wildman–Crippen MR) is 108 cm³/mol. The van der Waals surface area contributed by atoms with Crippen LogP contribution in [0.5, 0.6) is 17.2 Å². The van der Waals surface area contributed by atoms with Crippen molar-refractivity contribution >= 4 is 29.4 Å². The summed E-state index contributed by atoms with van der Waals surface area (Å²) in [4.78, 5) is 23.9. The molecule has 0 fully saturated rings. The van der Waals surface area contributed by atoms with Crippen LogP contribution in [0.25, 0.3) is 6.08 Å². The van der Waals surface area contributed by atoms with Gasteiger partial charge in [-0.3, -0.25) is 4.79 Å². The molecule has 0 bridgehead atoms. The summed E-state index contributed by atoms with van der Waals surface area (Å²) in [6, 6.07) is 9.41. The fourth-order valence-electron chi connectivity index (χ4n) is 2.96. The molecular weight excluding hydrogens is 376 g/mol. The molecule has 0 aliphatic carbocycles. The van der Waals surface area contributed by atoms with Crippen LogP contribution < -0.4 is 19.2 Å². The first-order valence-electron chi connectivity index (χ1n) is 8.64. The van der Waals surface area contributed by atoms with E-state index in [9.17, 15) is 9.59 Å². The SMILES string of the molecule is COc1cc(/C=C2/C(=O)N(c3ccc(C(=O)O)cc3)N=C2C)cc(OC)c1OC. The van der Waals surface area contributed by atoms with Crippen molar-refractivity contribution in [2.45, 2.75) is 6.92 Å². The average molecular weight is 396 g/mol. The lowest BCUT2D eigenvalue weighted by Crippen LogP contribution is -2.21. The van der Waals surface area contributed by atoms with Crippen LogP contribution in [0.4, 0.5) is 5.69 Å². The molecule has 0 spiro atoms. The van der Waals surface area contributed by atoms with Gasteiger partial charge in [0.25, 0.3) is 5.91 Å². The minimum absolute atomic E-state index is 0.134. The number of hydrogen-bond donors (Lipinski definition) is 1. The molecule has 0 radical (unpaired) electrons. The van der Waals surface area contributed by atoms with Gasteiger partial charge in [0, 0.05) is 0 Å². The highest BCUT2D eigenvalue weighted by atomic mass is 16.5. The molecule has 3 rings (SSSR count). The Labute approximate surface area is 167 Å². The lowest BCUT2D eigenvalue weighted by atomic mass is 10.1. The molecule has 0 aromatic heterocycles. The molecule has 0 saturated carbocycles. The third-order valence-electron chi connectivity index (χ3n) is 4.42. The molecule has 2 aromatic rings. The van der Waals surface area contributed by atoms with Crippen LogP contribution in [-0.2, 0) is 4.79 Å². The summed E-state index contributed by atoms with van der Waals surface area (Å²) in [5, 5.41) is 14.6. The molecule has 1 aliphatic rings. The highest BCUT2D eigenvalue weighted by Crippen LogP contribution is 2.39. The number of rotatable bonds is 6. The first-order valence-corrected chi connectivity index (χ1v) is 8.64. The van der Waals surface area contributed by atoms with Crippen molar-refractivity contribution in [3.8, 4) is 17.2 Å². The molecule has 1 N–H and O–H groups in total. The quantitative estimate of drug-likeness (QED) is 0.753.